The van der Waals surface area contributed by atoms with E-state index < -0.39 is 14.8 Å². The molecule has 0 amide bonds. The molecule has 0 atom stereocenters. The predicted octanol–water partition coefficient (Wildman–Crippen LogP) is 4.21. The van der Waals surface area contributed by atoms with E-state index in [1.807, 2.05) is 6.55 Å². The third-order valence-electron chi connectivity index (χ3n) is 2.27. The van der Waals surface area contributed by atoms with Crippen LogP contribution in [-0.4, -0.2) is 14.8 Å². The highest BCUT2D eigenvalue weighted by Crippen LogP contribution is 2.37. The van der Waals surface area contributed by atoms with Crippen molar-refractivity contribution in [3.05, 3.63) is 22.5 Å². The highest BCUT2D eigenvalue weighted by Gasteiger charge is 2.34. The van der Waals surface area contributed by atoms with E-state index in [1.165, 1.54) is 10.4 Å². The van der Waals surface area contributed by atoms with E-state index in [2.05, 4.69) is 31.8 Å². The Labute approximate surface area is 92.1 Å². The van der Waals surface area contributed by atoms with Crippen LogP contribution in [0.5, 0.6) is 0 Å². The molecule has 0 heterocycles. The van der Waals surface area contributed by atoms with E-state index in [-0.39, 0.29) is 0 Å². The standard InChI is InChI=1S/C9H16Cl2Si2/c1-12(2,3)8-6-5-7-9(8)13(4,10)11/h5-6H,7H2,1-4H3. The van der Waals surface area contributed by atoms with Crippen molar-refractivity contribution >= 4 is 36.9 Å². The summed E-state index contributed by atoms with van der Waals surface area (Å²) in [5.74, 6) is 0. The fourth-order valence-corrected chi connectivity index (χ4v) is 7.71. The Morgan fingerprint density at radius 3 is 2.00 bits per heavy atom. The van der Waals surface area contributed by atoms with E-state index in [1.54, 1.807) is 0 Å². The van der Waals surface area contributed by atoms with Gasteiger partial charge in [0.2, 0.25) is 0 Å². The summed E-state index contributed by atoms with van der Waals surface area (Å²) in [5, 5.41) is 2.82. The Morgan fingerprint density at radius 1 is 1.15 bits per heavy atom. The highest BCUT2D eigenvalue weighted by molar-refractivity contribution is 7.48. The van der Waals surface area contributed by atoms with Gasteiger partial charge in [0, 0.05) is 0 Å². The first-order valence-corrected chi connectivity index (χ1v) is 12.5. The van der Waals surface area contributed by atoms with Gasteiger partial charge in [0.15, 0.2) is 0 Å². The maximum Gasteiger partial charge on any atom is 0.274 e. The van der Waals surface area contributed by atoms with Crippen LogP contribution < -0.4 is 0 Å². The molecule has 1 aliphatic rings. The van der Waals surface area contributed by atoms with E-state index in [4.69, 9.17) is 22.2 Å². The van der Waals surface area contributed by atoms with Crippen molar-refractivity contribution in [1.29, 1.82) is 0 Å². The van der Waals surface area contributed by atoms with E-state index in [0.717, 1.165) is 6.42 Å². The normalized spacial score (nSPS) is 18.6. The second-order valence-corrected chi connectivity index (χ2v) is 17.2. The first kappa shape index (κ1) is 11.6. The van der Waals surface area contributed by atoms with Crippen LogP contribution in [0.25, 0.3) is 0 Å². The third kappa shape index (κ3) is 2.72. The molecule has 74 valence electrons. The largest absolute Gasteiger partial charge is 0.274 e. The van der Waals surface area contributed by atoms with Crippen LogP contribution >= 0.6 is 22.2 Å². The third-order valence-corrected chi connectivity index (χ3v) is 7.51. The van der Waals surface area contributed by atoms with Crippen LogP contribution in [0.2, 0.25) is 26.2 Å². The van der Waals surface area contributed by atoms with Gasteiger partial charge in [0.1, 0.15) is 0 Å². The molecule has 0 aromatic carbocycles. The molecule has 0 nitrogen and oxygen atoms in total. The molecule has 0 fully saturated rings. The van der Waals surface area contributed by atoms with Crippen molar-refractivity contribution in [2.45, 2.75) is 32.6 Å². The number of allylic oxidation sites excluding steroid dienone is 4. The summed E-state index contributed by atoms with van der Waals surface area (Å²) in [6.07, 6.45) is 5.41. The van der Waals surface area contributed by atoms with Crippen molar-refractivity contribution in [2.75, 3.05) is 0 Å². The molecule has 0 saturated heterocycles. The molecule has 4 heteroatoms. The predicted molar refractivity (Wildman–Crippen MR) is 67.5 cm³/mol. The Bertz CT molecular complexity index is 266. The van der Waals surface area contributed by atoms with Crippen LogP contribution in [-0.2, 0) is 0 Å². The van der Waals surface area contributed by atoms with E-state index >= 15 is 0 Å². The molecule has 0 unspecified atom stereocenters. The molecule has 0 aromatic rings. The smallest absolute Gasteiger partial charge is 0.140 e. The summed E-state index contributed by atoms with van der Waals surface area (Å²) < 4.78 is 0. The van der Waals surface area contributed by atoms with Gasteiger partial charge in [-0.1, -0.05) is 37.0 Å². The Hall–Kier alpha value is 0.494. The minimum Gasteiger partial charge on any atom is -0.140 e. The number of rotatable bonds is 2. The van der Waals surface area contributed by atoms with Crippen molar-refractivity contribution < 1.29 is 0 Å². The topological polar surface area (TPSA) is 0 Å². The lowest BCUT2D eigenvalue weighted by Gasteiger charge is -2.23. The molecule has 0 saturated carbocycles. The summed E-state index contributed by atoms with van der Waals surface area (Å²) in [6, 6.07) is 0. The van der Waals surface area contributed by atoms with Gasteiger partial charge in [0.25, 0.3) is 6.69 Å². The summed E-state index contributed by atoms with van der Waals surface area (Å²) >= 11 is 12.5. The van der Waals surface area contributed by atoms with Crippen LogP contribution in [0, 0.1) is 0 Å². The van der Waals surface area contributed by atoms with Crippen molar-refractivity contribution in [1.82, 2.24) is 0 Å². The minimum atomic E-state index is -2.10. The van der Waals surface area contributed by atoms with Crippen LogP contribution in [0.3, 0.4) is 0 Å². The monoisotopic (exact) mass is 250 g/mol. The molecular formula is C9H16Cl2Si2. The second kappa shape index (κ2) is 3.57. The fraction of sp³-hybridized carbons (Fsp3) is 0.556. The van der Waals surface area contributed by atoms with Gasteiger partial charge in [-0.25, -0.2) is 0 Å². The SMILES string of the molecule is C[Si](C)(C)C1=C([Si](C)(Cl)Cl)CC=C1. The number of halogens is 2. The quantitative estimate of drug-likeness (QED) is 0.509. The number of hydrogen-bond acceptors (Lipinski definition) is 0. The van der Waals surface area contributed by atoms with E-state index in [9.17, 15) is 0 Å². The first-order chi connectivity index (χ1) is 5.73. The maximum atomic E-state index is 6.27. The van der Waals surface area contributed by atoms with Gasteiger partial charge in [-0.2, -0.15) is 0 Å². The van der Waals surface area contributed by atoms with Crippen LogP contribution in [0.4, 0.5) is 0 Å². The molecule has 13 heavy (non-hydrogen) atoms. The van der Waals surface area contributed by atoms with E-state index in [0.29, 0.717) is 0 Å². The molecular weight excluding hydrogens is 235 g/mol. The van der Waals surface area contributed by atoms with Gasteiger partial charge >= 0.3 is 0 Å². The fourth-order valence-electron chi connectivity index (χ4n) is 1.62. The zero-order chi connectivity index (χ0) is 10.3. The lowest BCUT2D eigenvalue weighted by Crippen LogP contribution is -2.28. The van der Waals surface area contributed by atoms with Crippen molar-refractivity contribution in [3.8, 4) is 0 Å². The van der Waals surface area contributed by atoms with Gasteiger partial charge in [-0.3, -0.25) is 0 Å². The molecule has 0 aliphatic heterocycles. The van der Waals surface area contributed by atoms with Crippen LogP contribution in [0.15, 0.2) is 22.5 Å². The summed E-state index contributed by atoms with van der Waals surface area (Å²) in [4.78, 5) is 0. The molecule has 0 bridgehead atoms. The molecule has 0 spiro atoms. The van der Waals surface area contributed by atoms with Gasteiger partial charge < -0.3 is 0 Å². The molecule has 0 N–H and O–H groups in total. The minimum absolute atomic E-state index is 0.981. The van der Waals surface area contributed by atoms with Gasteiger partial charge in [-0.15, -0.1) is 22.2 Å². The van der Waals surface area contributed by atoms with Gasteiger partial charge in [-0.05, 0) is 18.2 Å². The summed E-state index contributed by atoms with van der Waals surface area (Å²) in [5.41, 5.74) is 0. The average Bonchev–Trinajstić information content (AvgIpc) is 2.27. The maximum absolute atomic E-state index is 6.27. The zero-order valence-corrected chi connectivity index (χ0v) is 12.1. The Kier molecular flexibility index (Phi) is 3.18. The average molecular weight is 251 g/mol. The molecule has 1 aliphatic carbocycles. The second-order valence-electron chi connectivity index (χ2n) is 4.64. The van der Waals surface area contributed by atoms with Crippen LogP contribution in [0.1, 0.15) is 6.42 Å². The van der Waals surface area contributed by atoms with Crippen molar-refractivity contribution in [2.24, 2.45) is 0 Å². The summed E-state index contributed by atoms with van der Waals surface area (Å²) in [7, 11) is -1.24. The molecule has 0 aromatic heterocycles. The number of hydrogen-bond donors (Lipinski definition) is 0. The Balaban J connectivity index is 3.10. The Morgan fingerprint density at radius 2 is 1.69 bits per heavy atom. The molecule has 1 rings (SSSR count). The first-order valence-electron chi connectivity index (χ1n) is 4.51. The summed E-state index contributed by atoms with van der Waals surface area (Å²) in [6.45, 7) is 6.92. The highest BCUT2D eigenvalue weighted by atomic mass is 35.7. The molecule has 0 radical (unpaired) electrons. The van der Waals surface area contributed by atoms with Crippen molar-refractivity contribution in [3.63, 3.8) is 0 Å². The lowest BCUT2D eigenvalue weighted by molar-refractivity contribution is 1.38. The lowest BCUT2D eigenvalue weighted by atomic mass is 10.5. The zero-order valence-electron chi connectivity index (χ0n) is 8.62. The van der Waals surface area contributed by atoms with Gasteiger partial charge in [0.05, 0.1) is 8.07 Å².